The number of fused-ring (bicyclic) bond motifs is 3. The van der Waals surface area contributed by atoms with Crippen LogP contribution < -0.4 is 0 Å². The largest absolute Gasteiger partial charge is 0.261 e. The summed E-state index contributed by atoms with van der Waals surface area (Å²) in [5, 5.41) is 2.18. The van der Waals surface area contributed by atoms with Gasteiger partial charge in [0.1, 0.15) is 0 Å². The normalized spacial score (nSPS) is 28.8. The molecular weight excluding hydrogens is 336 g/mol. The van der Waals surface area contributed by atoms with E-state index in [2.05, 4.69) is 4.99 Å². The SMILES string of the molecule is [2H]C1=C(C([2H])([2H])[2H])C([2H])C([2H])C(c2cccc3c2sc2c(C4CCCCC4)nccc23)=N1. The van der Waals surface area contributed by atoms with Crippen LogP contribution in [0.5, 0.6) is 0 Å². The minimum absolute atomic E-state index is 0.298. The first-order chi connectivity index (χ1) is 15.3. The molecule has 5 rings (SSSR count). The Kier molecular flexibility index (Phi) is 2.80. The van der Waals surface area contributed by atoms with Gasteiger partial charge in [-0.25, -0.2) is 0 Å². The zero-order chi connectivity index (χ0) is 22.6. The average Bonchev–Trinajstić information content (AvgIpc) is 3.15. The van der Waals surface area contributed by atoms with Crippen molar-refractivity contribution in [2.75, 3.05) is 0 Å². The van der Waals surface area contributed by atoms with Gasteiger partial charge in [0, 0.05) is 51.9 Å². The van der Waals surface area contributed by atoms with Crippen molar-refractivity contribution in [2.45, 2.75) is 57.7 Å². The van der Waals surface area contributed by atoms with E-state index < -0.39 is 25.8 Å². The summed E-state index contributed by atoms with van der Waals surface area (Å²) in [5.41, 5.74) is 1.80. The molecule has 2 atom stereocenters. The van der Waals surface area contributed by atoms with E-state index in [1.165, 1.54) is 19.3 Å². The molecule has 0 saturated heterocycles. The van der Waals surface area contributed by atoms with Crippen molar-refractivity contribution in [3.63, 3.8) is 0 Å². The Bertz CT molecular complexity index is 1250. The van der Waals surface area contributed by atoms with Crippen LogP contribution in [0.25, 0.3) is 20.2 Å². The minimum atomic E-state index is -2.60. The highest BCUT2D eigenvalue weighted by molar-refractivity contribution is 7.26. The summed E-state index contributed by atoms with van der Waals surface area (Å²) in [6.45, 7) is -2.60. The molecule has 0 radical (unpaired) electrons. The Morgan fingerprint density at radius 2 is 2.00 bits per heavy atom. The zero-order valence-electron chi connectivity index (χ0n) is 20.5. The number of aliphatic imine (C=N–C) groups is 1. The van der Waals surface area contributed by atoms with Gasteiger partial charge >= 0.3 is 0 Å². The quantitative estimate of drug-likeness (QED) is 0.480. The van der Waals surface area contributed by atoms with Gasteiger partial charge in [-0.15, -0.1) is 11.3 Å². The fourth-order valence-corrected chi connectivity index (χ4v) is 5.51. The smallest absolute Gasteiger partial charge is 0.0839 e. The van der Waals surface area contributed by atoms with Gasteiger partial charge < -0.3 is 0 Å². The molecule has 0 spiro atoms. The highest BCUT2D eigenvalue weighted by Crippen LogP contribution is 2.42. The van der Waals surface area contributed by atoms with E-state index in [0.29, 0.717) is 17.2 Å². The van der Waals surface area contributed by atoms with E-state index in [-0.39, 0.29) is 5.57 Å². The molecule has 26 heavy (non-hydrogen) atoms. The number of aromatic nitrogens is 1. The summed E-state index contributed by atoms with van der Waals surface area (Å²) < 4.78 is 50.2. The summed E-state index contributed by atoms with van der Waals surface area (Å²) in [5.74, 6) is 0.460. The van der Waals surface area contributed by atoms with Crippen LogP contribution in [0.2, 0.25) is 0 Å². The molecule has 2 nitrogen and oxygen atoms in total. The van der Waals surface area contributed by atoms with Crippen molar-refractivity contribution in [3.05, 3.63) is 53.5 Å². The second kappa shape index (κ2) is 6.62. The van der Waals surface area contributed by atoms with Crippen molar-refractivity contribution in [2.24, 2.45) is 4.99 Å². The lowest BCUT2D eigenvalue weighted by Gasteiger charge is -2.21. The molecule has 0 bridgehead atoms. The molecule has 1 saturated carbocycles. The molecule has 3 heteroatoms. The first-order valence-electron chi connectivity index (χ1n) is 12.4. The average molecular weight is 367 g/mol. The third kappa shape index (κ3) is 2.69. The van der Waals surface area contributed by atoms with Gasteiger partial charge in [0.15, 0.2) is 0 Å². The van der Waals surface area contributed by atoms with Crippen LogP contribution in [0.3, 0.4) is 0 Å². The maximum Gasteiger partial charge on any atom is 0.0839 e. The van der Waals surface area contributed by atoms with E-state index in [4.69, 9.17) is 13.2 Å². The maximum absolute atomic E-state index is 8.59. The molecule has 1 fully saturated rings. The lowest BCUT2D eigenvalue weighted by molar-refractivity contribution is 0.439. The molecular formula is C23H24N2S. The highest BCUT2D eigenvalue weighted by atomic mass is 32.1. The van der Waals surface area contributed by atoms with Crippen molar-refractivity contribution >= 4 is 37.2 Å². The van der Waals surface area contributed by atoms with Crippen LogP contribution in [-0.4, -0.2) is 10.7 Å². The molecule has 3 heterocycles. The predicted molar refractivity (Wildman–Crippen MR) is 112 cm³/mol. The number of benzene rings is 1. The number of thiophene rings is 1. The third-order valence-corrected chi connectivity index (χ3v) is 6.69. The number of nitrogens with zero attached hydrogens (tertiary/aromatic N) is 2. The number of hydrogen-bond acceptors (Lipinski definition) is 3. The summed E-state index contributed by atoms with van der Waals surface area (Å²) in [6.07, 6.45) is 5.01. The lowest BCUT2D eigenvalue weighted by atomic mass is 9.86. The first kappa shape index (κ1) is 11.0. The Labute approximate surface area is 167 Å². The molecule has 0 N–H and O–H groups in total. The number of rotatable bonds is 2. The summed E-state index contributed by atoms with van der Waals surface area (Å²) in [7, 11) is 0. The van der Waals surface area contributed by atoms with Crippen molar-refractivity contribution in [3.8, 4) is 0 Å². The monoisotopic (exact) mass is 366 g/mol. The topological polar surface area (TPSA) is 25.2 Å². The van der Waals surface area contributed by atoms with Gasteiger partial charge in [-0.2, -0.15) is 0 Å². The number of pyridine rings is 1. The second-order valence-corrected chi connectivity index (χ2v) is 8.07. The summed E-state index contributed by atoms with van der Waals surface area (Å²) >= 11 is 1.64. The van der Waals surface area contributed by atoms with Gasteiger partial charge in [-0.05, 0) is 38.6 Å². The van der Waals surface area contributed by atoms with Crippen molar-refractivity contribution in [1.82, 2.24) is 4.98 Å². The maximum atomic E-state index is 8.59. The first-order valence-corrected chi connectivity index (χ1v) is 10.0. The molecule has 2 unspecified atom stereocenters. The van der Waals surface area contributed by atoms with Crippen LogP contribution in [-0.2, 0) is 0 Å². The van der Waals surface area contributed by atoms with Gasteiger partial charge in [-0.3, -0.25) is 9.98 Å². The molecule has 0 amide bonds. The van der Waals surface area contributed by atoms with Gasteiger partial charge in [0.2, 0.25) is 0 Å². The zero-order valence-corrected chi connectivity index (χ0v) is 15.3. The predicted octanol–water partition coefficient (Wildman–Crippen LogP) is 6.98. The second-order valence-electron chi connectivity index (χ2n) is 7.05. The Hall–Kier alpha value is -2.00. The minimum Gasteiger partial charge on any atom is -0.261 e. The van der Waals surface area contributed by atoms with Crippen LogP contribution in [0.15, 0.2) is 47.2 Å². The van der Waals surface area contributed by atoms with E-state index in [0.717, 1.165) is 38.7 Å². The van der Waals surface area contributed by atoms with Gasteiger partial charge in [0.05, 0.1) is 11.8 Å². The molecule has 3 aromatic rings. The van der Waals surface area contributed by atoms with Crippen LogP contribution >= 0.6 is 11.3 Å². The fraction of sp³-hybridized carbons (Fsp3) is 0.391. The van der Waals surface area contributed by atoms with Crippen LogP contribution in [0.4, 0.5) is 0 Å². The molecule has 1 aromatic carbocycles. The molecule has 132 valence electrons. The van der Waals surface area contributed by atoms with E-state index in [9.17, 15) is 0 Å². The Balaban J connectivity index is 1.70. The Morgan fingerprint density at radius 1 is 1.12 bits per heavy atom. The molecule has 2 aliphatic rings. The van der Waals surface area contributed by atoms with Gasteiger partial charge in [-0.1, -0.05) is 43.0 Å². The highest BCUT2D eigenvalue weighted by Gasteiger charge is 2.22. The molecule has 1 aliphatic heterocycles. The van der Waals surface area contributed by atoms with Gasteiger partial charge in [0.25, 0.3) is 0 Å². The van der Waals surface area contributed by atoms with Crippen LogP contribution in [0.1, 0.15) is 77.1 Å². The standard InChI is InChI=1S/C23H24N2S/c1-15-10-11-20(25-14-15)19-9-5-8-17-18-12-13-24-21(23(18)26-22(17)19)16-6-3-2-4-7-16/h5,8-9,12-14,16H,2-4,6-7,10-11H2,1H3/i1D3,10D,11D,14D. The summed E-state index contributed by atoms with van der Waals surface area (Å²) in [4.78, 5) is 9.01. The third-order valence-electron chi connectivity index (χ3n) is 5.41. The number of allylic oxidation sites excluding steroid dienone is 1. The molecule has 2 aromatic heterocycles. The van der Waals surface area contributed by atoms with Crippen molar-refractivity contribution < 1.29 is 8.22 Å². The summed E-state index contributed by atoms with van der Waals surface area (Å²) in [6, 6.07) is 7.85. The van der Waals surface area contributed by atoms with Crippen LogP contribution in [0, 0.1) is 0 Å². The van der Waals surface area contributed by atoms with E-state index in [1.54, 1.807) is 11.3 Å². The molecule has 1 aliphatic carbocycles. The van der Waals surface area contributed by atoms with Crippen molar-refractivity contribution in [1.29, 1.82) is 0 Å². The number of hydrogen-bond donors (Lipinski definition) is 0. The Morgan fingerprint density at radius 3 is 2.88 bits per heavy atom. The fourth-order valence-electron chi connectivity index (χ4n) is 4.12. The van der Waals surface area contributed by atoms with E-state index in [1.807, 2.05) is 30.5 Å². The van der Waals surface area contributed by atoms with E-state index >= 15 is 0 Å². The lowest BCUT2D eigenvalue weighted by Crippen LogP contribution is -2.06.